The van der Waals surface area contributed by atoms with Crippen LogP contribution < -0.4 is 5.73 Å². The van der Waals surface area contributed by atoms with Gasteiger partial charge >= 0.3 is 0 Å². The Morgan fingerprint density at radius 1 is 1.31 bits per heavy atom. The Kier molecular flexibility index (Phi) is 5.44. The standard InChI is InChI=1S/C20H26F2N2O2/c21-19(22)10-6-17(14-19)20(26,16-4-2-1-3-5-16)18(25)24-12-8-15(7-11-23)9-13-24/h1-5,7,17,26H,6,8-14,23H2/t17-,20?/m1/s1. The molecule has 1 amide bonds. The van der Waals surface area contributed by atoms with Crippen LogP contribution in [0.1, 0.15) is 37.7 Å². The average molecular weight is 364 g/mol. The van der Waals surface area contributed by atoms with E-state index in [1.807, 2.05) is 6.08 Å². The zero-order valence-corrected chi connectivity index (χ0v) is 14.8. The van der Waals surface area contributed by atoms with Crippen LogP contribution in [0.4, 0.5) is 8.78 Å². The van der Waals surface area contributed by atoms with Crippen molar-refractivity contribution in [3.8, 4) is 0 Å². The van der Waals surface area contributed by atoms with E-state index in [2.05, 4.69) is 0 Å². The van der Waals surface area contributed by atoms with Gasteiger partial charge in [-0.25, -0.2) is 8.78 Å². The molecule has 0 aromatic heterocycles. The smallest absolute Gasteiger partial charge is 0.259 e. The van der Waals surface area contributed by atoms with E-state index in [1.165, 1.54) is 5.57 Å². The van der Waals surface area contributed by atoms with Gasteiger partial charge in [0, 0.05) is 38.4 Å². The predicted octanol–water partition coefficient (Wildman–Crippen LogP) is 2.82. The molecule has 1 aliphatic carbocycles. The minimum atomic E-state index is -2.83. The molecule has 1 heterocycles. The van der Waals surface area contributed by atoms with Gasteiger partial charge in [0.1, 0.15) is 0 Å². The zero-order chi connectivity index (χ0) is 18.8. The first kappa shape index (κ1) is 19.0. The van der Waals surface area contributed by atoms with Crippen LogP contribution in [0.25, 0.3) is 0 Å². The second-order valence-electron chi connectivity index (χ2n) is 7.32. The number of carbonyl (C=O) groups is 1. The molecule has 1 aromatic carbocycles. The lowest BCUT2D eigenvalue weighted by atomic mass is 9.78. The van der Waals surface area contributed by atoms with Crippen LogP contribution in [-0.4, -0.2) is 41.5 Å². The summed E-state index contributed by atoms with van der Waals surface area (Å²) in [5, 5.41) is 11.4. The normalized spacial score (nSPS) is 25.0. The maximum atomic E-state index is 13.8. The number of piperidine rings is 1. The van der Waals surface area contributed by atoms with Crippen LogP contribution in [0, 0.1) is 5.92 Å². The van der Waals surface area contributed by atoms with Crippen LogP contribution in [0.3, 0.4) is 0 Å². The highest BCUT2D eigenvalue weighted by Gasteiger charge is 2.54. The van der Waals surface area contributed by atoms with Gasteiger partial charge < -0.3 is 15.7 Å². The van der Waals surface area contributed by atoms with Gasteiger partial charge in [-0.05, 0) is 24.8 Å². The van der Waals surface area contributed by atoms with Gasteiger partial charge in [0.05, 0.1) is 0 Å². The lowest BCUT2D eigenvalue weighted by Crippen LogP contribution is -2.52. The summed E-state index contributed by atoms with van der Waals surface area (Å²) < 4.78 is 27.7. The monoisotopic (exact) mass is 364 g/mol. The van der Waals surface area contributed by atoms with E-state index in [1.54, 1.807) is 35.2 Å². The van der Waals surface area contributed by atoms with Gasteiger partial charge in [0.15, 0.2) is 5.60 Å². The molecule has 6 heteroatoms. The molecule has 142 valence electrons. The first-order chi connectivity index (χ1) is 12.4. The Morgan fingerprint density at radius 3 is 2.50 bits per heavy atom. The fraction of sp³-hybridized carbons (Fsp3) is 0.550. The molecule has 1 aliphatic heterocycles. The summed E-state index contributed by atoms with van der Waals surface area (Å²) >= 11 is 0. The van der Waals surface area contributed by atoms with Crippen molar-refractivity contribution in [1.82, 2.24) is 4.90 Å². The van der Waals surface area contributed by atoms with Gasteiger partial charge in [-0.2, -0.15) is 0 Å². The van der Waals surface area contributed by atoms with Crippen molar-refractivity contribution in [3.63, 3.8) is 0 Å². The van der Waals surface area contributed by atoms with Crippen molar-refractivity contribution in [2.45, 2.75) is 43.6 Å². The maximum absolute atomic E-state index is 13.8. The highest BCUT2D eigenvalue weighted by Crippen LogP contribution is 2.48. The summed E-state index contributed by atoms with van der Waals surface area (Å²) in [5.41, 5.74) is 5.23. The predicted molar refractivity (Wildman–Crippen MR) is 95.6 cm³/mol. The fourth-order valence-electron chi connectivity index (χ4n) is 4.14. The lowest BCUT2D eigenvalue weighted by molar-refractivity contribution is -0.161. The third-order valence-electron chi connectivity index (χ3n) is 5.63. The number of nitrogens with zero attached hydrogens (tertiary/aromatic N) is 1. The number of amides is 1. The van der Waals surface area contributed by atoms with Crippen molar-refractivity contribution in [3.05, 3.63) is 47.5 Å². The Bertz CT molecular complexity index is 668. The molecular weight excluding hydrogens is 338 g/mol. The molecule has 2 atom stereocenters. The summed E-state index contributed by atoms with van der Waals surface area (Å²) in [6.07, 6.45) is 2.75. The topological polar surface area (TPSA) is 66.6 Å². The molecule has 3 N–H and O–H groups in total. The Balaban J connectivity index is 1.87. The molecule has 1 aromatic rings. The van der Waals surface area contributed by atoms with Crippen molar-refractivity contribution < 1.29 is 18.7 Å². The van der Waals surface area contributed by atoms with Gasteiger partial charge in [0.2, 0.25) is 5.92 Å². The molecular formula is C20H26F2N2O2. The van der Waals surface area contributed by atoms with Crippen LogP contribution >= 0.6 is 0 Å². The number of nitrogens with two attached hydrogens (primary N) is 1. The number of hydrogen-bond acceptors (Lipinski definition) is 3. The van der Waals surface area contributed by atoms with E-state index in [4.69, 9.17) is 5.73 Å². The third-order valence-corrected chi connectivity index (χ3v) is 5.63. The second-order valence-corrected chi connectivity index (χ2v) is 7.32. The van der Waals surface area contributed by atoms with Crippen LogP contribution in [0.15, 0.2) is 42.0 Å². The van der Waals surface area contributed by atoms with E-state index in [0.717, 1.165) is 0 Å². The Morgan fingerprint density at radius 2 is 1.96 bits per heavy atom. The van der Waals surface area contributed by atoms with E-state index in [0.29, 0.717) is 38.0 Å². The Labute approximate surface area is 152 Å². The molecule has 2 fully saturated rings. The van der Waals surface area contributed by atoms with E-state index in [9.17, 15) is 18.7 Å². The summed E-state index contributed by atoms with van der Waals surface area (Å²) in [7, 11) is 0. The minimum absolute atomic E-state index is 0.135. The largest absolute Gasteiger partial charge is 0.375 e. The molecule has 26 heavy (non-hydrogen) atoms. The van der Waals surface area contributed by atoms with E-state index < -0.39 is 29.8 Å². The van der Waals surface area contributed by atoms with Crippen molar-refractivity contribution >= 4 is 5.91 Å². The number of halogens is 2. The molecule has 0 bridgehead atoms. The number of alkyl halides is 2. The zero-order valence-electron chi connectivity index (χ0n) is 14.8. The number of likely N-dealkylation sites (tertiary alicyclic amines) is 1. The van der Waals surface area contributed by atoms with Crippen LogP contribution in [-0.2, 0) is 10.4 Å². The van der Waals surface area contributed by atoms with Crippen LogP contribution in [0.2, 0.25) is 0 Å². The summed E-state index contributed by atoms with van der Waals surface area (Å²) in [5.74, 6) is -4.07. The number of carbonyl (C=O) groups excluding carboxylic acids is 1. The second kappa shape index (κ2) is 7.45. The van der Waals surface area contributed by atoms with Crippen LogP contribution in [0.5, 0.6) is 0 Å². The number of benzene rings is 1. The highest BCUT2D eigenvalue weighted by atomic mass is 19.3. The van der Waals surface area contributed by atoms with E-state index >= 15 is 0 Å². The first-order valence-corrected chi connectivity index (χ1v) is 9.20. The number of rotatable bonds is 4. The molecule has 0 spiro atoms. The number of aliphatic hydroxyl groups is 1. The van der Waals surface area contributed by atoms with Crippen molar-refractivity contribution in [2.75, 3.05) is 19.6 Å². The fourth-order valence-corrected chi connectivity index (χ4v) is 4.14. The van der Waals surface area contributed by atoms with Gasteiger partial charge in [-0.3, -0.25) is 4.79 Å². The molecule has 2 aliphatic rings. The van der Waals surface area contributed by atoms with Gasteiger partial charge in [-0.15, -0.1) is 0 Å². The third kappa shape index (κ3) is 3.67. The average Bonchev–Trinajstić information content (AvgIpc) is 3.02. The van der Waals surface area contributed by atoms with Gasteiger partial charge in [0.25, 0.3) is 5.91 Å². The minimum Gasteiger partial charge on any atom is -0.375 e. The molecule has 0 radical (unpaired) electrons. The molecule has 1 saturated carbocycles. The lowest BCUT2D eigenvalue weighted by Gasteiger charge is -2.39. The van der Waals surface area contributed by atoms with Crippen molar-refractivity contribution in [2.24, 2.45) is 11.7 Å². The molecule has 1 unspecified atom stereocenters. The summed E-state index contributed by atoms with van der Waals surface area (Å²) in [4.78, 5) is 14.9. The summed E-state index contributed by atoms with van der Waals surface area (Å²) in [6, 6.07) is 8.52. The highest BCUT2D eigenvalue weighted by molar-refractivity contribution is 5.87. The first-order valence-electron chi connectivity index (χ1n) is 9.20. The quantitative estimate of drug-likeness (QED) is 0.808. The SMILES string of the molecule is NCC=C1CCN(C(=O)C(O)(c2ccccc2)[C@@H]2CCC(F)(F)C2)CC1. The molecule has 1 saturated heterocycles. The molecule has 4 nitrogen and oxygen atoms in total. The van der Waals surface area contributed by atoms with Crippen molar-refractivity contribution in [1.29, 1.82) is 0 Å². The molecule has 3 rings (SSSR count). The Hall–Kier alpha value is -1.79. The summed E-state index contributed by atoms with van der Waals surface area (Å²) in [6.45, 7) is 1.42. The van der Waals surface area contributed by atoms with E-state index in [-0.39, 0.29) is 12.8 Å². The number of hydrogen-bond donors (Lipinski definition) is 2. The van der Waals surface area contributed by atoms with Gasteiger partial charge in [-0.1, -0.05) is 42.0 Å². The maximum Gasteiger partial charge on any atom is 0.259 e.